The zero-order valence-corrected chi connectivity index (χ0v) is 17.9. The van der Waals surface area contributed by atoms with E-state index in [2.05, 4.69) is 5.32 Å². The van der Waals surface area contributed by atoms with Crippen LogP contribution in [0, 0.1) is 12.7 Å². The molecule has 3 rings (SSSR count). The van der Waals surface area contributed by atoms with Crippen molar-refractivity contribution in [3.63, 3.8) is 0 Å². The maximum absolute atomic E-state index is 14.3. The SMILES string of the molecule is CC(=O)Nc1cc(F)c(C)c(CC[C@H]2C(=O)OC(C)(C)N2OC(=O)c2ccccc2)c1. The van der Waals surface area contributed by atoms with E-state index in [4.69, 9.17) is 9.57 Å². The minimum Gasteiger partial charge on any atom is -0.440 e. The average Bonchev–Trinajstić information content (AvgIpc) is 2.91. The van der Waals surface area contributed by atoms with Crippen molar-refractivity contribution in [2.24, 2.45) is 0 Å². The van der Waals surface area contributed by atoms with Gasteiger partial charge in [0.1, 0.15) is 11.9 Å². The van der Waals surface area contributed by atoms with Gasteiger partial charge in [-0.1, -0.05) is 23.3 Å². The van der Waals surface area contributed by atoms with Crippen LogP contribution in [-0.4, -0.2) is 34.7 Å². The Labute approximate surface area is 180 Å². The molecule has 1 N–H and O–H groups in total. The van der Waals surface area contributed by atoms with Gasteiger partial charge in [0.2, 0.25) is 5.91 Å². The predicted octanol–water partition coefficient (Wildman–Crippen LogP) is 3.76. The van der Waals surface area contributed by atoms with Gasteiger partial charge in [-0.25, -0.2) is 9.18 Å². The third-order valence-electron chi connectivity index (χ3n) is 5.09. The average molecular weight is 428 g/mol. The van der Waals surface area contributed by atoms with Crippen LogP contribution in [0.4, 0.5) is 10.1 Å². The highest BCUT2D eigenvalue weighted by Gasteiger charge is 2.50. The molecule has 0 bridgehead atoms. The Kier molecular flexibility index (Phi) is 6.40. The van der Waals surface area contributed by atoms with Crippen LogP contribution in [0.3, 0.4) is 0 Å². The maximum atomic E-state index is 14.3. The standard InChI is InChI=1S/C23H25FN2O5/c1-14-17(12-18(13-19(14)24)25-15(2)27)10-11-20-22(29)30-23(3,4)26(20)31-21(28)16-8-6-5-7-9-16/h5-9,12-13,20H,10-11H2,1-4H3,(H,25,27)/t20-/m0/s1. The van der Waals surface area contributed by atoms with Gasteiger partial charge in [-0.2, -0.15) is 0 Å². The molecule has 0 spiro atoms. The van der Waals surface area contributed by atoms with Gasteiger partial charge in [0.25, 0.3) is 0 Å². The highest BCUT2D eigenvalue weighted by Crippen LogP contribution is 2.32. The van der Waals surface area contributed by atoms with Crippen LogP contribution in [-0.2, 0) is 25.6 Å². The number of anilines is 1. The zero-order valence-electron chi connectivity index (χ0n) is 17.9. The summed E-state index contributed by atoms with van der Waals surface area (Å²) >= 11 is 0. The van der Waals surface area contributed by atoms with Gasteiger partial charge in [-0.3, -0.25) is 9.59 Å². The molecule has 2 aromatic carbocycles. The van der Waals surface area contributed by atoms with Gasteiger partial charge in [-0.15, -0.1) is 0 Å². The molecule has 1 amide bonds. The molecule has 1 fully saturated rings. The number of carbonyl (C=O) groups is 3. The molecule has 0 aliphatic carbocycles. The van der Waals surface area contributed by atoms with E-state index in [1.165, 1.54) is 18.1 Å². The van der Waals surface area contributed by atoms with Crippen LogP contribution in [0.25, 0.3) is 0 Å². The first-order chi connectivity index (χ1) is 14.6. The Morgan fingerprint density at radius 2 is 1.90 bits per heavy atom. The Balaban J connectivity index is 1.79. The molecule has 8 heteroatoms. The van der Waals surface area contributed by atoms with Crippen LogP contribution in [0.1, 0.15) is 48.7 Å². The molecule has 1 saturated heterocycles. The van der Waals surface area contributed by atoms with E-state index >= 15 is 0 Å². The number of nitrogens with zero attached hydrogens (tertiary/aromatic N) is 1. The number of hydrogen-bond donors (Lipinski definition) is 1. The summed E-state index contributed by atoms with van der Waals surface area (Å²) in [5, 5.41) is 3.82. The molecular weight excluding hydrogens is 403 g/mol. The van der Waals surface area contributed by atoms with Crippen molar-refractivity contribution in [1.82, 2.24) is 5.06 Å². The number of carbonyl (C=O) groups excluding carboxylic acids is 3. The van der Waals surface area contributed by atoms with Crippen LogP contribution in [0.15, 0.2) is 42.5 Å². The minimum atomic E-state index is -1.15. The predicted molar refractivity (Wildman–Crippen MR) is 111 cm³/mol. The second-order valence-corrected chi connectivity index (χ2v) is 7.92. The van der Waals surface area contributed by atoms with Crippen LogP contribution in [0.5, 0.6) is 0 Å². The van der Waals surface area contributed by atoms with Gasteiger partial charge in [-0.05, 0) is 69.0 Å². The van der Waals surface area contributed by atoms with Crippen LogP contribution >= 0.6 is 0 Å². The first kappa shape index (κ1) is 22.4. The first-order valence-corrected chi connectivity index (χ1v) is 9.94. The van der Waals surface area contributed by atoms with Gasteiger partial charge in [0.05, 0.1) is 5.56 Å². The van der Waals surface area contributed by atoms with Crippen molar-refractivity contribution in [2.45, 2.75) is 52.3 Å². The van der Waals surface area contributed by atoms with Crippen molar-refractivity contribution in [3.8, 4) is 0 Å². The van der Waals surface area contributed by atoms with E-state index in [9.17, 15) is 18.8 Å². The van der Waals surface area contributed by atoms with Crippen molar-refractivity contribution < 1.29 is 28.3 Å². The fraction of sp³-hybridized carbons (Fsp3) is 0.348. The highest BCUT2D eigenvalue weighted by molar-refractivity contribution is 5.90. The summed E-state index contributed by atoms with van der Waals surface area (Å²) in [5.74, 6) is -1.90. The third kappa shape index (κ3) is 5.08. The lowest BCUT2D eigenvalue weighted by molar-refractivity contribution is -0.219. The molecule has 1 heterocycles. The van der Waals surface area contributed by atoms with E-state index in [1.807, 2.05) is 0 Å². The van der Waals surface area contributed by atoms with Gasteiger partial charge >= 0.3 is 11.9 Å². The number of halogens is 1. The topological polar surface area (TPSA) is 84.9 Å². The zero-order chi connectivity index (χ0) is 22.8. The maximum Gasteiger partial charge on any atom is 0.357 e. The monoisotopic (exact) mass is 428 g/mol. The quantitative estimate of drug-likeness (QED) is 0.706. The number of rotatable bonds is 6. The second kappa shape index (κ2) is 8.85. The van der Waals surface area contributed by atoms with Crippen molar-refractivity contribution in [3.05, 3.63) is 65.0 Å². The van der Waals surface area contributed by atoms with E-state index in [1.54, 1.807) is 57.2 Å². The molecule has 7 nitrogen and oxygen atoms in total. The normalized spacial score (nSPS) is 17.8. The Hall–Kier alpha value is -3.26. The van der Waals surface area contributed by atoms with E-state index in [0.717, 1.165) is 0 Å². The van der Waals surface area contributed by atoms with Crippen molar-refractivity contribution >= 4 is 23.5 Å². The highest BCUT2D eigenvalue weighted by atomic mass is 19.1. The smallest absolute Gasteiger partial charge is 0.357 e. The molecular formula is C23H25FN2O5. The first-order valence-electron chi connectivity index (χ1n) is 9.94. The largest absolute Gasteiger partial charge is 0.440 e. The fourth-order valence-electron chi connectivity index (χ4n) is 3.52. The summed E-state index contributed by atoms with van der Waals surface area (Å²) in [6.45, 7) is 6.23. The molecule has 2 aromatic rings. The summed E-state index contributed by atoms with van der Waals surface area (Å²) in [4.78, 5) is 41.9. The molecule has 1 aliphatic rings. The summed E-state index contributed by atoms with van der Waals surface area (Å²) in [6.07, 6.45) is 0.541. The summed E-state index contributed by atoms with van der Waals surface area (Å²) in [5.41, 5.74) is 0.595. The third-order valence-corrected chi connectivity index (χ3v) is 5.09. The van der Waals surface area contributed by atoms with Crippen molar-refractivity contribution in [1.29, 1.82) is 0 Å². The number of hydrogen-bond acceptors (Lipinski definition) is 6. The molecule has 0 saturated carbocycles. The molecule has 1 atom stereocenters. The minimum absolute atomic E-state index is 0.230. The van der Waals surface area contributed by atoms with Gasteiger partial charge < -0.3 is 14.9 Å². The van der Waals surface area contributed by atoms with E-state index in [0.29, 0.717) is 28.8 Å². The fourth-order valence-corrected chi connectivity index (χ4v) is 3.52. The number of nitrogens with one attached hydrogen (secondary N) is 1. The molecule has 164 valence electrons. The Morgan fingerprint density at radius 1 is 1.23 bits per heavy atom. The second-order valence-electron chi connectivity index (χ2n) is 7.92. The Bertz CT molecular complexity index is 1010. The van der Waals surface area contributed by atoms with E-state index in [-0.39, 0.29) is 12.3 Å². The summed E-state index contributed by atoms with van der Waals surface area (Å²) < 4.78 is 19.7. The number of cyclic esters (lactones) is 1. The molecule has 0 unspecified atom stereocenters. The van der Waals surface area contributed by atoms with E-state index < -0.39 is 29.5 Å². The molecule has 0 aromatic heterocycles. The molecule has 0 radical (unpaired) electrons. The number of aryl methyl sites for hydroxylation is 1. The molecule has 1 aliphatic heterocycles. The summed E-state index contributed by atoms with van der Waals surface area (Å²) in [6, 6.07) is 10.5. The van der Waals surface area contributed by atoms with Gasteiger partial charge in [0.15, 0.2) is 5.72 Å². The van der Waals surface area contributed by atoms with Crippen LogP contribution in [0.2, 0.25) is 0 Å². The molecule has 31 heavy (non-hydrogen) atoms. The lowest BCUT2D eigenvalue weighted by atomic mass is 9.99. The number of hydroxylamine groups is 2. The number of amides is 1. The van der Waals surface area contributed by atoms with Crippen molar-refractivity contribution in [2.75, 3.05) is 5.32 Å². The number of ether oxygens (including phenoxy) is 1. The van der Waals surface area contributed by atoms with Crippen LogP contribution < -0.4 is 5.32 Å². The lowest BCUT2D eigenvalue weighted by Crippen LogP contribution is -2.45. The van der Waals surface area contributed by atoms with Gasteiger partial charge in [0, 0.05) is 12.6 Å². The number of benzene rings is 2. The number of esters is 1. The Morgan fingerprint density at radius 3 is 2.55 bits per heavy atom. The lowest BCUT2D eigenvalue weighted by Gasteiger charge is -2.29. The summed E-state index contributed by atoms with van der Waals surface area (Å²) in [7, 11) is 0.